The molecule has 0 radical (unpaired) electrons. The minimum absolute atomic E-state index is 0.143. The number of hydrogen-bond donors (Lipinski definition) is 3. The number of carbonyl (C=O) groups is 2. The van der Waals surface area contributed by atoms with Crippen molar-refractivity contribution in [1.82, 2.24) is 10.6 Å². The Morgan fingerprint density at radius 1 is 1.19 bits per heavy atom. The molecule has 0 fully saturated rings. The van der Waals surface area contributed by atoms with Crippen LogP contribution in [-0.4, -0.2) is 23.7 Å². The first-order valence-electron chi connectivity index (χ1n) is 7.42. The van der Waals surface area contributed by atoms with E-state index in [4.69, 9.17) is 5.11 Å². The number of hydrogen-bond acceptors (Lipinski definition) is 3. The van der Waals surface area contributed by atoms with Gasteiger partial charge in [0.15, 0.2) is 0 Å². The fourth-order valence-corrected chi connectivity index (χ4v) is 2.93. The van der Waals surface area contributed by atoms with Crippen molar-refractivity contribution in [1.29, 1.82) is 0 Å². The maximum Gasteiger partial charge on any atom is 0.315 e. The second-order valence-corrected chi connectivity index (χ2v) is 5.89. The van der Waals surface area contributed by atoms with E-state index in [1.54, 1.807) is 11.3 Å². The van der Waals surface area contributed by atoms with Crippen LogP contribution in [0.25, 0.3) is 0 Å². The number of carboxylic acids is 1. The zero-order valence-corrected chi connectivity index (χ0v) is 13.3. The number of aliphatic carboxylic acids is 1. The number of unbranched alkanes of at least 4 members (excludes halogenated alkanes) is 3. The molecule has 0 saturated heterocycles. The number of nitrogens with one attached hydrogen (secondary N) is 2. The molecule has 0 aliphatic rings. The Morgan fingerprint density at radius 3 is 2.67 bits per heavy atom. The van der Waals surface area contributed by atoms with Gasteiger partial charge in [0.2, 0.25) is 0 Å². The molecule has 0 spiro atoms. The Hall–Kier alpha value is -1.56. The van der Waals surface area contributed by atoms with Crippen molar-refractivity contribution in [2.45, 2.75) is 52.0 Å². The summed E-state index contributed by atoms with van der Waals surface area (Å²) in [4.78, 5) is 23.2. The molecule has 2 amide bonds. The summed E-state index contributed by atoms with van der Waals surface area (Å²) in [6.45, 7) is 3.31. The Kier molecular flexibility index (Phi) is 8.50. The highest BCUT2D eigenvalue weighted by molar-refractivity contribution is 7.10. The molecule has 21 heavy (non-hydrogen) atoms. The average molecular weight is 312 g/mol. The first kappa shape index (κ1) is 17.5. The molecule has 1 aromatic heterocycles. The predicted octanol–water partition coefficient (Wildman–Crippen LogP) is 3.14. The van der Waals surface area contributed by atoms with Gasteiger partial charge in [0.1, 0.15) is 0 Å². The lowest BCUT2D eigenvalue weighted by atomic mass is 10.1. The van der Waals surface area contributed by atoms with Gasteiger partial charge >= 0.3 is 12.0 Å². The van der Waals surface area contributed by atoms with E-state index in [0.29, 0.717) is 19.5 Å². The highest BCUT2D eigenvalue weighted by atomic mass is 32.1. The second-order valence-electron chi connectivity index (χ2n) is 4.89. The summed E-state index contributed by atoms with van der Waals surface area (Å²) in [6, 6.07) is 1.95. The number of carboxylic acid groups (broad SMARTS) is 1. The predicted molar refractivity (Wildman–Crippen MR) is 84.7 cm³/mol. The van der Waals surface area contributed by atoms with Gasteiger partial charge in [-0.3, -0.25) is 4.79 Å². The molecular formula is C15H24N2O3S. The van der Waals surface area contributed by atoms with Gasteiger partial charge in [-0.05, 0) is 36.3 Å². The third kappa shape index (κ3) is 7.70. The fraction of sp³-hybridized carbons (Fsp3) is 0.600. The molecule has 0 aliphatic heterocycles. The van der Waals surface area contributed by atoms with Crippen LogP contribution in [0.1, 0.15) is 49.5 Å². The van der Waals surface area contributed by atoms with Gasteiger partial charge in [-0.25, -0.2) is 4.79 Å². The monoisotopic (exact) mass is 312 g/mol. The first-order chi connectivity index (χ1) is 10.1. The summed E-state index contributed by atoms with van der Waals surface area (Å²) in [5.41, 5.74) is 1.29. The molecule has 1 heterocycles. The summed E-state index contributed by atoms with van der Waals surface area (Å²) >= 11 is 1.67. The standard InChI is InChI=1S/C15H24N2O3S/c1-2-12-8-10-21-13(12)11-17-15(20)16-9-6-4-3-5-7-14(18)19/h8,10H,2-7,9,11H2,1H3,(H,18,19)(H2,16,17,20). The van der Waals surface area contributed by atoms with E-state index in [0.717, 1.165) is 25.7 Å². The third-order valence-corrected chi connectivity index (χ3v) is 4.19. The van der Waals surface area contributed by atoms with E-state index in [2.05, 4.69) is 23.6 Å². The molecular weight excluding hydrogens is 288 g/mol. The first-order valence-corrected chi connectivity index (χ1v) is 8.30. The fourth-order valence-electron chi connectivity index (χ4n) is 2.02. The molecule has 0 unspecified atom stereocenters. The maximum atomic E-state index is 11.6. The molecule has 0 atom stereocenters. The van der Waals surface area contributed by atoms with Gasteiger partial charge in [0, 0.05) is 17.8 Å². The van der Waals surface area contributed by atoms with E-state index >= 15 is 0 Å². The van der Waals surface area contributed by atoms with Crippen molar-refractivity contribution >= 4 is 23.3 Å². The van der Waals surface area contributed by atoms with Crippen LogP contribution in [0.4, 0.5) is 4.79 Å². The number of rotatable bonds is 10. The van der Waals surface area contributed by atoms with E-state index in [1.165, 1.54) is 10.4 Å². The number of aryl methyl sites for hydroxylation is 1. The SMILES string of the molecule is CCc1ccsc1CNC(=O)NCCCCCCC(=O)O. The second kappa shape index (κ2) is 10.2. The summed E-state index contributed by atoms with van der Waals surface area (Å²) in [5.74, 6) is -0.743. The van der Waals surface area contributed by atoms with Gasteiger partial charge in [-0.15, -0.1) is 11.3 Å². The van der Waals surface area contributed by atoms with Crippen molar-refractivity contribution in [3.8, 4) is 0 Å². The maximum absolute atomic E-state index is 11.6. The van der Waals surface area contributed by atoms with Crippen molar-refractivity contribution in [3.63, 3.8) is 0 Å². The quantitative estimate of drug-likeness (QED) is 0.581. The zero-order chi connectivity index (χ0) is 15.5. The lowest BCUT2D eigenvalue weighted by Gasteiger charge is -2.07. The molecule has 0 aromatic carbocycles. The van der Waals surface area contributed by atoms with E-state index in [9.17, 15) is 9.59 Å². The van der Waals surface area contributed by atoms with Crippen molar-refractivity contribution in [2.75, 3.05) is 6.54 Å². The van der Waals surface area contributed by atoms with Crippen molar-refractivity contribution in [2.24, 2.45) is 0 Å². The summed E-state index contributed by atoms with van der Waals surface area (Å²) in [7, 11) is 0. The van der Waals surface area contributed by atoms with Gasteiger partial charge in [0.05, 0.1) is 6.54 Å². The van der Waals surface area contributed by atoms with Crippen LogP contribution >= 0.6 is 11.3 Å². The smallest absolute Gasteiger partial charge is 0.315 e. The summed E-state index contributed by atoms with van der Waals surface area (Å²) in [6.07, 6.45) is 4.64. The highest BCUT2D eigenvalue weighted by Gasteiger charge is 2.04. The molecule has 0 bridgehead atoms. The van der Waals surface area contributed by atoms with E-state index in [1.807, 2.05) is 5.38 Å². The Bertz CT molecular complexity index is 446. The number of urea groups is 1. The molecule has 3 N–H and O–H groups in total. The zero-order valence-electron chi connectivity index (χ0n) is 12.5. The number of thiophene rings is 1. The average Bonchev–Trinajstić information content (AvgIpc) is 2.91. The van der Waals surface area contributed by atoms with Gasteiger partial charge in [-0.2, -0.15) is 0 Å². The Labute approximate surface area is 129 Å². The molecule has 0 aliphatic carbocycles. The molecule has 6 heteroatoms. The summed E-state index contributed by atoms with van der Waals surface area (Å²) in [5, 5.41) is 16.2. The van der Waals surface area contributed by atoms with Crippen LogP contribution in [0, 0.1) is 0 Å². The van der Waals surface area contributed by atoms with Crippen LogP contribution in [0.15, 0.2) is 11.4 Å². The lowest BCUT2D eigenvalue weighted by Crippen LogP contribution is -2.35. The van der Waals surface area contributed by atoms with E-state index < -0.39 is 5.97 Å². The normalized spacial score (nSPS) is 10.3. The highest BCUT2D eigenvalue weighted by Crippen LogP contribution is 2.16. The van der Waals surface area contributed by atoms with Crippen LogP contribution in [0.2, 0.25) is 0 Å². The largest absolute Gasteiger partial charge is 0.481 e. The van der Waals surface area contributed by atoms with Crippen LogP contribution in [0.5, 0.6) is 0 Å². The lowest BCUT2D eigenvalue weighted by molar-refractivity contribution is -0.137. The molecule has 0 saturated carbocycles. The minimum atomic E-state index is -0.743. The number of amides is 2. The van der Waals surface area contributed by atoms with Crippen LogP contribution in [-0.2, 0) is 17.8 Å². The van der Waals surface area contributed by atoms with Gasteiger partial charge in [-0.1, -0.05) is 19.8 Å². The van der Waals surface area contributed by atoms with Gasteiger partial charge in [0.25, 0.3) is 0 Å². The van der Waals surface area contributed by atoms with E-state index in [-0.39, 0.29) is 12.5 Å². The third-order valence-electron chi connectivity index (χ3n) is 3.23. The Balaban J connectivity index is 2.03. The number of carbonyl (C=O) groups excluding carboxylic acids is 1. The molecule has 118 valence electrons. The summed E-state index contributed by atoms with van der Waals surface area (Å²) < 4.78 is 0. The molecule has 1 aromatic rings. The topological polar surface area (TPSA) is 78.4 Å². The van der Waals surface area contributed by atoms with Crippen LogP contribution in [0.3, 0.4) is 0 Å². The van der Waals surface area contributed by atoms with Crippen molar-refractivity contribution in [3.05, 3.63) is 21.9 Å². The van der Waals surface area contributed by atoms with Gasteiger partial charge < -0.3 is 15.7 Å². The molecule has 5 nitrogen and oxygen atoms in total. The van der Waals surface area contributed by atoms with Crippen molar-refractivity contribution < 1.29 is 14.7 Å². The van der Waals surface area contributed by atoms with Crippen LogP contribution < -0.4 is 10.6 Å². The Morgan fingerprint density at radius 2 is 1.95 bits per heavy atom. The molecule has 1 rings (SSSR count). The minimum Gasteiger partial charge on any atom is -0.481 e.